The number of aromatic nitrogens is 4. The first kappa shape index (κ1) is 11.2. The van der Waals surface area contributed by atoms with Gasteiger partial charge < -0.3 is 10.4 Å². The molecule has 0 radical (unpaired) electrons. The Morgan fingerprint density at radius 1 is 1.60 bits per heavy atom. The van der Waals surface area contributed by atoms with Gasteiger partial charge >= 0.3 is 12.0 Å². The molecule has 0 aliphatic carbocycles. The zero-order chi connectivity index (χ0) is 11.3. The predicted molar refractivity (Wildman–Crippen MR) is 51.3 cm³/mol. The lowest BCUT2D eigenvalue weighted by Crippen LogP contribution is -2.40. The van der Waals surface area contributed by atoms with Crippen LogP contribution >= 0.6 is 11.8 Å². The van der Waals surface area contributed by atoms with Gasteiger partial charge in [0.1, 0.15) is 0 Å². The zero-order valence-corrected chi connectivity index (χ0v) is 8.41. The monoisotopic (exact) mass is 232 g/mol. The Morgan fingerprint density at radius 2 is 2.33 bits per heavy atom. The second kappa shape index (κ2) is 5.14. The Hall–Kier alpha value is -1.84. The number of amides is 2. The average Bonchev–Trinajstić information content (AvgIpc) is 2.66. The molecule has 0 aromatic carbocycles. The van der Waals surface area contributed by atoms with Crippen LogP contribution in [0.4, 0.5) is 10.7 Å². The van der Waals surface area contributed by atoms with E-state index < -0.39 is 17.4 Å². The highest BCUT2D eigenvalue weighted by atomic mass is 32.2. The number of thioether (sulfide) groups is 1. The molecular weight excluding hydrogens is 224 g/mol. The van der Waals surface area contributed by atoms with Crippen molar-refractivity contribution < 1.29 is 14.7 Å². The molecule has 0 fully saturated rings. The molecule has 2 amide bonds. The molecule has 0 aliphatic rings. The number of hydrogen-bond donors (Lipinski definition) is 4. The van der Waals surface area contributed by atoms with Gasteiger partial charge in [-0.05, 0) is 11.5 Å². The van der Waals surface area contributed by atoms with Crippen LogP contribution in [0, 0.1) is 0 Å². The summed E-state index contributed by atoms with van der Waals surface area (Å²) in [6.45, 7) is 0. The van der Waals surface area contributed by atoms with Gasteiger partial charge in [-0.25, -0.2) is 9.59 Å². The largest absolute Gasteiger partial charge is 0.479 e. The number of hydrogen-bond acceptors (Lipinski definition) is 6. The number of tetrazole rings is 1. The van der Waals surface area contributed by atoms with Gasteiger partial charge in [-0.3, -0.25) is 5.32 Å². The fourth-order valence-electron chi connectivity index (χ4n) is 0.693. The molecule has 1 aromatic heterocycles. The van der Waals surface area contributed by atoms with E-state index >= 15 is 0 Å². The average molecular weight is 232 g/mol. The Bertz CT molecular complexity index is 341. The molecule has 0 saturated carbocycles. The number of anilines is 1. The quantitative estimate of drug-likeness (QED) is 0.494. The van der Waals surface area contributed by atoms with Crippen LogP contribution in [0.5, 0.6) is 0 Å². The van der Waals surface area contributed by atoms with Gasteiger partial charge in [0.25, 0.3) is 5.95 Å². The fourth-order valence-corrected chi connectivity index (χ4v) is 1.12. The molecule has 15 heavy (non-hydrogen) atoms. The van der Waals surface area contributed by atoms with Gasteiger partial charge in [0, 0.05) is 0 Å². The minimum Gasteiger partial charge on any atom is -0.479 e. The summed E-state index contributed by atoms with van der Waals surface area (Å²) in [6, 6.07) is -0.710. The number of aliphatic carboxylic acids is 1. The minimum atomic E-state index is -1.13. The number of carbonyl (C=O) groups excluding carboxylic acids is 1. The van der Waals surface area contributed by atoms with Gasteiger partial charge in [0.2, 0.25) is 0 Å². The fraction of sp³-hybridized carbons (Fsp3) is 0.400. The maximum atomic E-state index is 11.2. The van der Waals surface area contributed by atoms with E-state index in [1.807, 2.05) is 0 Å². The van der Waals surface area contributed by atoms with E-state index in [2.05, 4.69) is 31.3 Å². The number of rotatable bonds is 4. The number of carboxylic acid groups (broad SMARTS) is 1. The highest BCUT2D eigenvalue weighted by molar-refractivity contribution is 7.99. The molecule has 0 bridgehead atoms. The van der Waals surface area contributed by atoms with Crippen molar-refractivity contribution in [2.24, 2.45) is 0 Å². The summed E-state index contributed by atoms with van der Waals surface area (Å²) in [7, 11) is 0. The molecule has 9 nitrogen and oxygen atoms in total. The van der Waals surface area contributed by atoms with E-state index in [0.29, 0.717) is 0 Å². The number of carbonyl (C=O) groups is 2. The third-order valence-corrected chi connectivity index (χ3v) is 2.08. The third kappa shape index (κ3) is 3.42. The van der Waals surface area contributed by atoms with Gasteiger partial charge in [-0.1, -0.05) is 5.10 Å². The van der Waals surface area contributed by atoms with Crippen LogP contribution in [0.25, 0.3) is 0 Å². The minimum absolute atomic E-state index is 0.0299. The SMILES string of the molecule is CSC(NC(=O)Nc1nn[nH]n1)C(=O)O. The van der Waals surface area contributed by atoms with Gasteiger partial charge in [-0.2, -0.15) is 5.21 Å². The van der Waals surface area contributed by atoms with E-state index in [1.54, 1.807) is 6.26 Å². The lowest BCUT2D eigenvalue weighted by atomic mass is 10.6. The molecule has 0 aliphatic heterocycles. The summed E-state index contributed by atoms with van der Waals surface area (Å²) in [5, 5.41) is 24.3. The van der Waals surface area contributed by atoms with Crippen molar-refractivity contribution >= 4 is 29.7 Å². The van der Waals surface area contributed by atoms with Crippen molar-refractivity contribution in [1.82, 2.24) is 25.9 Å². The molecule has 0 spiro atoms. The molecule has 1 atom stereocenters. The van der Waals surface area contributed by atoms with Crippen LogP contribution < -0.4 is 10.6 Å². The van der Waals surface area contributed by atoms with E-state index in [4.69, 9.17) is 5.11 Å². The van der Waals surface area contributed by atoms with E-state index in [9.17, 15) is 9.59 Å². The van der Waals surface area contributed by atoms with Crippen molar-refractivity contribution in [3.8, 4) is 0 Å². The molecule has 0 saturated heterocycles. The van der Waals surface area contributed by atoms with Crippen molar-refractivity contribution in [1.29, 1.82) is 0 Å². The number of H-pyrrole nitrogens is 1. The van der Waals surface area contributed by atoms with Gasteiger partial charge in [0.05, 0.1) is 0 Å². The van der Waals surface area contributed by atoms with Crippen molar-refractivity contribution in [2.45, 2.75) is 5.37 Å². The van der Waals surface area contributed by atoms with Crippen molar-refractivity contribution in [3.05, 3.63) is 0 Å². The third-order valence-electron chi connectivity index (χ3n) is 1.29. The summed E-state index contributed by atoms with van der Waals surface area (Å²) in [5.74, 6) is -1.16. The number of carboxylic acids is 1. The lowest BCUT2D eigenvalue weighted by molar-refractivity contribution is -0.136. The molecule has 82 valence electrons. The summed E-state index contributed by atoms with van der Waals surface area (Å²) < 4.78 is 0. The second-order valence-corrected chi connectivity index (χ2v) is 3.23. The lowest BCUT2D eigenvalue weighted by Gasteiger charge is -2.10. The number of nitrogens with one attached hydrogen (secondary N) is 3. The summed E-state index contributed by atoms with van der Waals surface area (Å²) in [5.41, 5.74) is 0. The Morgan fingerprint density at radius 3 is 2.80 bits per heavy atom. The van der Waals surface area contributed by atoms with Crippen LogP contribution in [0.2, 0.25) is 0 Å². The van der Waals surface area contributed by atoms with Crippen molar-refractivity contribution in [3.63, 3.8) is 0 Å². The van der Waals surface area contributed by atoms with Crippen LogP contribution in [0.3, 0.4) is 0 Å². The smallest absolute Gasteiger partial charge is 0.336 e. The van der Waals surface area contributed by atoms with Gasteiger partial charge in [-0.15, -0.1) is 16.9 Å². The highest BCUT2D eigenvalue weighted by Crippen LogP contribution is 2.02. The standard InChI is InChI=1S/C5H8N6O3S/c1-15-2(3(12)13)6-5(14)7-4-8-10-11-9-4/h2H,1H3,(H,12,13)(H3,6,7,8,9,10,11,14). The number of aromatic amines is 1. The molecule has 1 unspecified atom stereocenters. The summed E-state index contributed by atoms with van der Waals surface area (Å²) >= 11 is 0.983. The van der Waals surface area contributed by atoms with E-state index in [1.165, 1.54) is 0 Å². The molecule has 1 rings (SSSR count). The normalized spacial score (nSPS) is 11.8. The molecule has 10 heteroatoms. The van der Waals surface area contributed by atoms with Crippen LogP contribution in [0.15, 0.2) is 0 Å². The molecular formula is C5H8N6O3S. The van der Waals surface area contributed by atoms with E-state index in [0.717, 1.165) is 11.8 Å². The summed E-state index contributed by atoms with van der Waals surface area (Å²) in [4.78, 5) is 21.7. The Labute approximate surface area is 88.0 Å². The topological polar surface area (TPSA) is 133 Å². The maximum Gasteiger partial charge on any atom is 0.336 e. The van der Waals surface area contributed by atoms with Crippen LogP contribution in [-0.2, 0) is 4.79 Å². The maximum absolute atomic E-state index is 11.2. The summed E-state index contributed by atoms with van der Waals surface area (Å²) in [6.07, 6.45) is 1.56. The first-order chi connectivity index (χ1) is 7.13. The first-order valence-electron chi connectivity index (χ1n) is 3.70. The highest BCUT2D eigenvalue weighted by Gasteiger charge is 2.18. The van der Waals surface area contributed by atoms with Gasteiger partial charge in [0.15, 0.2) is 5.37 Å². The van der Waals surface area contributed by atoms with Crippen LogP contribution in [-0.4, -0.2) is 49.4 Å². The molecule has 1 aromatic rings. The number of nitrogens with zero attached hydrogens (tertiary/aromatic N) is 3. The Kier molecular flexibility index (Phi) is 3.85. The second-order valence-electron chi connectivity index (χ2n) is 2.29. The van der Waals surface area contributed by atoms with Crippen LogP contribution in [0.1, 0.15) is 0 Å². The Balaban J connectivity index is 2.45. The molecule has 1 heterocycles. The zero-order valence-electron chi connectivity index (χ0n) is 7.59. The first-order valence-corrected chi connectivity index (χ1v) is 4.99. The number of urea groups is 1. The van der Waals surface area contributed by atoms with E-state index in [-0.39, 0.29) is 5.95 Å². The van der Waals surface area contributed by atoms with Crippen molar-refractivity contribution in [2.75, 3.05) is 11.6 Å². The molecule has 4 N–H and O–H groups in total. The predicted octanol–water partition coefficient (Wildman–Crippen LogP) is -0.905.